The van der Waals surface area contributed by atoms with Crippen LogP contribution in [0.3, 0.4) is 0 Å². The van der Waals surface area contributed by atoms with Gasteiger partial charge in [-0.2, -0.15) is 13.2 Å². The maximum absolute atomic E-state index is 12.4. The minimum absolute atomic E-state index is 0.134. The van der Waals surface area contributed by atoms with Gasteiger partial charge in [-0.3, -0.25) is 4.79 Å². The van der Waals surface area contributed by atoms with Gasteiger partial charge < -0.3 is 10.3 Å². The summed E-state index contributed by atoms with van der Waals surface area (Å²) in [5.41, 5.74) is 4.93. The standard InChI is InChI=1S/C9H6BrF3N2OS/c10-5-2-17-8-4(5)1-6(7(14)16)15(8)3-9(11,12)13/h1-2H,3H2,(H2,14,16). The summed E-state index contributed by atoms with van der Waals surface area (Å²) in [7, 11) is 0. The van der Waals surface area contributed by atoms with Gasteiger partial charge in [-0.15, -0.1) is 11.3 Å². The predicted molar refractivity (Wildman–Crippen MR) is 62.1 cm³/mol. The summed E-state index contributed by atoms with van der Waals surface area (Å²) in [6.45, 7) is -1.22. The van der Waals surface area contributed by atoms with Crippen LogP contribution in [0.1, 0.15) is 10.5 Å². The van der Waals surface area contributed by atoms with Gasteiger partial charge in [0.2, 0.25) is 0 Å². The second-order valence-corrected chi connectivity index (χ2v) is 5.11. The molecule has 2 heterocycles. The van der Waals surface area contributed by atoms with Crippen LogP contribution in [-0.4, -0.2) is 16.7 Å². The Morgan fingerprint density at radius 1 is 1.53 bits per heavy atom. The summed E-state index contributed by atoms with van der Waals surface area (Å²) >= 11 is 4.33. The fourth-order valence-corrected chi connectivity index (χ4v) is 3.18. The van der Waals surface area contributed by atoms with Gasteiger partial charge in [0.05, 0.1) is 0 Å². The highest BCUT2D eigenvalue weighted by molar-refractivity contribution is 9.10. The second kappa shape index (κ2) is 4.02. The molecule has 17 heavy (non-hydrogen) atoms. The van der Waals surface area contributed by atoms with E-state index in [1.165, 1.54) is 6.07 Å². The lowest BCUT2D eigenvalue weighted by Gasteiger charge is -2.10. The number of halogens is 4. The molecule has 0 atom stereocenters. The van der Waals surface area contributed by atoms with E-state index < -0.39 is 18.6 Å². The molecule has 2 aromatic rings. The number of thiophene rings is 1. The number of amides is 1. The Kier molecular flexibility index (Phi) is 2.94. The van der Waals surface area contributed by atoms with Gasteiger partial charge in [-0.1, -0.05) is 0 Å². The third-order valence-electron chi connectivity index (χ3n) is 2.17. The number of rotatable bonds is 2. The molecule has 0 saturated carbocycles. The average Bonchev–Trinajstić information content (AvgIpc) is 2.67. The van der Waals surface area contributed by atoms with Gasteiger partial charge >= 0.3 is 6.18 Å². The van der Waals surface area contributed by atoms with Gasteiger partial charge in [-0.25, -0.2) is 0 Å². The van der Waals surface area contributed by atoms with Crippen molar-refractivity contribution >= 4 is 43.4 Å². The van der Waals surface area contributed by atoms with E-state index in [2.05, 4.69) is 15.9 Å². The molecular formula is C9H6BrF3N2OS. The molecule has 2 N–H and O–H groups in total. The molecule has 0 unspecified atom stereocenters. The first-order valence-corrected chi connectivity index (χ1v) is 6.09. The van der Waals surface area contributed by atoms with Crippen LogP contribution in [0.25, 0.3) is 10.2 Å². The van der Waals surface area contributed by atoms with Gasteiger partial charge in [0.15, 0.2) is 0 Å². The van der Waals surface area contributed by atoms with Crippen LogP contribution in [0, 0.1) is 0 Å². The van der Waals surface area contributed by atoms with Crippen molar-refractivity contribution < 1.29 is 18.0 Å². The lowest BCUT2D eigenvalue weighted by molar-refractivity contribution is -0.139. The van der Waals surface area contributed by atoms with Gasteiger partial charge in [0.25, 0.3) is 5.91 Å². The molecule has 1 amide bonds. The highest BCUT2D eigenvalue weighted by Crippen LogP contribution is 2.34. The SMILES string of the molecule is NC(=O)c1cc2c(Br)csc2n1CC(F)(F)F. The average molecular weight is 327 g/mol. The Balaban J connectivity index is 2.64. The Bertz CT molecular complexity index is 587. The lowest BCUT2D eigenvalue weighted by atomic mass is 10.3. The Morgan fingerprint density at radius 3 is 2.71 bits per heavy atom. The number of aromatic nitrogens is 1. The van der Waals surface area contributed by atoms with Crippen molar-refractivity contribution in [3.05, 3.63) is 21.6 Å². The van der Waals surface area contributed by atoms with Gasteiger partial charge in [-0.05, 0) is 22.0 Å². The van der Waals surface area contributed by atoms with E-state index in [1.807, 2.05) is 0 Å². The normalized spacial score (nSPS) is 12.2. The molecule has 0 radical (unpaired) electrons. The zero-order valence-corrected chi connectivity index (χ0v) is 10.6. The highest BCUT2D eigenvalue weighted by Gasteiger charge is 2.31. The molecule has 92 valence electrons. The van der Waals surface area contributed by atoms with Crippen molar-refractivity contribution in [2.75, 3.05) is 0 Å². The fourth-order valence-electron chi connectivity index (χ4n) is 1.54. The Morgan fingerprint density at radius 2 is 2.18 bits per heavy atom. The molecule has 0 spiro atoms. The maximum Gasteiger partial charge on any atom is 0.406 e. The maximum atomic E-state index is 12.4. The molecule has 0 saturated heterocycles. The van der Waals surface area contributed by atoms with E-state index >= 15 is 0 Å². The van der Waals surface area contributed by atoms with Gasteiger partial charge in [0.1, 0.15) is 17.1 Å². The molecule has 0 aliphatic heterocycles. The van der Waals surface area contributed by atoms with Crippen LogP contribution in [0.15, 0.2) is 15.9 Å². The minimum Gasteiger partial charge on any atom is -0.364 e. The summed E-state index contributed by atoms with van der Waals surface area (Å²) in [5.74, 6) is -0.871. The molecule has 0 fully saturated rings. The molecule has 0 aliphatic carbocycles. The van der Waals surface area contributed by atoms with Crippen molar-refractivity contribution in [3.63, 3.8) is 0 Å². The zero-order chi connectivity index (χ0) is 12.8. The molecular weight excluding hydrogens is 321 g/mol. The van der Waals surface area contributed by atoms with E-state index in [-0.39, 0.29) is 5.69 Å². The fraction of sp³-hybridized carbons (Fsp3) is 0.222. The van der Waals surface area contributed by atoms with Crippen LogP contribution < -0.4 is 5.73 Å². The first-order chi connectivity index (χ1) is 7.79. The van der Waals surface area contributed by atoms with Crippen LogP contribution in [0.4, 0.5) is 13.2 Å². The summed E-state index contributed by atoms with van der Waals surface area (Å²) in [5, 5.41) is 2.23. The molecule has 2 rings (SSSR count). The Hall–Kier alpha value is -1.02. The van der Waals surface area contributed by atoms with Crippen LogP contribution in [0.2, 0.25) is 0 Å². The van der Waals surface area contributed by atoms with E-state index in [0.717, 1.165) is 15.9 Å². The zero-order valence-electron chi connectivity index (χ0n) is 8.21. The molecule has 0 aliphatic rings. The number of primary amides is 1. The molecule has 0 aromatic carbocycles. The number of hydrogen-bond acceptors (Lipinski definition) is 2. The van der Waals surface area contributed by atoms with Gasteiger partial charge in [0, 0.05) is 15.2 Å². The lowest BCUT2D eigenvalue weighted by Crippen LogP contribution is -2.23. The quantitative estimate of drug-likeness (QED) is 0.905. The van der Waals surface area contributed by atoms with Crippen molar-refractivity contribution in [1.82, 2.24) is 4.57 Å². The minimum atomic E-state index is -4.40. The van der Waals surface area contributed by atoms with Crippen molar-refractivity contribution in [1.29, 1.82) is 0 Å². The number of nitrogens with zero attached hydrogens (tertiary/aromatic N) is 1. The second-order valence-electron chi connectivity index (χ2n) is 3.40. The monoisotopic (exact) mass is 326 g/mol. The van der Waals surface area contributed by atoms with Crippen LogP contribution in [-0.2, 0) is 6.54 Å². The summed E-state index contributed by atoms with van der Waals surface area (Å²) < 4.78 is 38.8. The predicted octanol–water partition coefficient (Wildman–Crippen LogP) is 3.13. The molecule has 3 nitrogen and oxygen atoms in total. The van der Waals surface area contributed by atoms with Crippen molar-refractivity contribution in [2.24, 2.45) is 5.73 Å². The molecule has 2 aromatic heterocycles. The highest BCUT2D eigenvalue weighted by atomic mass is 79.9. The third-order valence-corrected chi connectivity index (χ3v) is 4.14. The van der Waals surface area contributed by atoms with E-state index in [0.29, 0.717) is 14.7 Å². The number of alkyl halides is 3. The van der Waals surface area contributed by atoms with E-state index in [9.17, 15) is 18.0 Å². The Labute approximate surface area is 106 Å². The number of fused-ring (bicyclic) bond motifs is 1. The first-order valence-electron chi connectivity index (χ1n) is 4.42. The molecule has 8 heteroatoms. The van der Waals surface area contributed by atoms with E-state index in [1.54, 1.807) is 5.38 Å². The smallest absolute Gasteiger partial charge is 0.364 e. The summed E-state index contributed by atoms with van der Waals surface area (Å²) in [6.07, 6.45) is -4.40. The largest absolute Gasteiger partial charge is 0.406 e. The number of carbonyl (C=O) groups excluding carboxylic acids is 1. The summed E-state index contributed by atoms with van der Waals surface area (Å²) in [4.78, 5) is 11.5. The van der Waals surface area contributed by atoms with E-state index in [4.69, 9.17) is 5.73 Å². The first kappa shape index (κ1) is 12.4. The topological polar surface area (TPSA) is 48.0 Å². The van der Waals surface area contributed by atoms with Crippen molar-refractivity contribution in [3.8, 4) is 0 Å². The number of nitrogens with two attached hydrogens (primary N) is 1. The molecule has 0 bridgehead atoms. The number of carbonyl (C=O) groups is 1. The summed E-state index contributed by atoms with van der Waals surface area (Å²) in [6, 6.07) is 1.37. The van der Waals surface area contributed by atoms with Crippen LogP contribution >= 0.6 is 27.3 Å². The van der Waals surface area contributed by atoms with Crippen molar-refractivity contribution in [2.45, 2.75) is 12.7 Å². The number of hydrogen-bond donors (Lipinski definition) is 1. The third kappa shape index (κ3) is 2.32. The van der Waals surface area contributed by atoms with Crippen LogP contribution in [0.5, 0.6) is 0 Å².